The van der Waals surface area contributed by atoms with Crippen LogP contribution in [0.1, 0.15) is 44.1 Å². The second-order valence-electron chi connectivity index (χ2n) is 6.56. The molecule has 1 amide bonds. The average molecular weight is 345 g/mol. The van der Waals surface area contributed by atoms with Crippen molar-refractivity contribution in [1.29, 1.82) is 0 Å². The maximum atomic E-state index is 13.9. The van der Waals surface area contributed by atoms with E-state index < -0.39 is 11.6 Å². The molecule has 0 bridgehead atoms. The van der Waals surface area contributed by atoms with Gasteiger partial charge < -0.3 is 10.6 Å². The van der Waals surface area contributed by atoms with E-state index >= 15 is 0 Å². The molecule has 3 nitrogen and oxygen atoms in total. The Morgan fingerprint density at radius 3 is 2.57 bits per heavy atom. The topological polar surface area (TPSA) is 46.3 Å². The van der Waals surface area contributed by atoms with Crippen LogP contribution >= 0.6 is 12.4 Å². The molecular weight excluding hydrogens is 322 g/mol. The van der Waals surface area contributed by atoms with E-state index in [9.17, 15) is 13.6 Å². The van der Waals surface area contributed by atoms with Crippen LogP contribution in [-0.2, 0) is 11.3 Å². The van der Waals surface area contributed by atoms with Gasteiger partial charge in [0, 0.05) is 36.2 Å². The lowest BCUT2D eigenvalue weighted by molar-refractivity contribution is -0.138. The third kappa shape index (κ3) is 4.42. The third-order valence-electron chi connectivity index (χ3n) is 4.69. The van der Waals surface area contributed by atoms with E-state index in [-0.39, 0.29) is 42.9 Å². The van der Waals surface area contributed by atoms with E-state index in [2.05, 4.69) is 0 Å². The maximum Gasteiger partial charge on any atom is 0.226 e. The lowest BCUT2D eigenvalue weighted by atomic mass is 9.85. The zero-order chi connectivity index (χ0) is 15.7. The number of carbonyl (C=O) groups is 1. The lowest BCUT2D eigenvalue weighted by Gasteiger charge is -2.31. The lowest BCUT2D eigenvalue weighted by Crippen LogP contribution is -2.41. The van der Waals surface area contributed by atoms with Gasteiger partial charge >= 0.3 is 0 Å². The highest BCUT2D eigenvalue weighted by atomic mass is 35.5. The molecule has 2 aliphatic rings. The Labute approximate surface area is 141 Å². The Morgan fingerprint density at radius 2 is 1.96 bits per heavy atom. The molecule has 1 aromatic carbocycles. The molecule has 2 unspecified atom stereocenters. The quantitative estimate of drug-likeness (QED) is 0.910. The molecule has 2 saturated carbocycles. The minimum absolute atomic E-state index is 0. The Bertz CT molecular complexity index is 566. The number of halogens is 3. The molecule has 6 heteroatoms. The third-order valence-corrected chi connectivity index (χ3v) is 4.69. The minimum Gasteiger partial charge on any atom is -0.335 e. The number of hydrogen-bond donors (Lipinski definition) is 1. The van der Waals surface area contributed by atoms with Crippen LogP contribution in [-0.4, -0.2) is 22.9 Å². The van der Waals surface area contributed by atoms with Crippen molar-refractivity contribution in [1.82, 2.24) is 4.90 Å². The smallest absolute Gasteiger partial charge is 0.226 e. The summed E-state index contributed by atoms with van der Waals surface area (Å²) in [5, 5.41) is 0. The molecule has 2 aliphatic carbocycles. The fourth-order valence-corrected chi connectivity index (χ4v) is 3.29. The van der Waals surface area contributed by atoms with E-state index in [0.717, 1.165) is 38.2 Å². The fraction of sp³-hybridized carbons (Fsp3) is 0.588. The van der Waals surface area contributed by atoms with Gasteiger partial charge in [0.1, 0.15) is 11.6 Å². The first-order valence-electron chi connectivity index (χ1n) is 8.04. The van der Waals surface area contributed by atoms with E-state index in [0.29, 0.717) is 12.0 Å². The predicted octanol–water partition coefficient (Wildman–Crippen LogP) is 3.40. The average Bonchev–Trinajstić information content (AvgIpc) is 3.30. The molecule has 128 valence electrons. The van der Waals surface area contributed by atoms with Crippen LogP contribution in [0.2, 0.25) is 0 Å². The Morgan fingerprint density at radius 1 is 1.22 bits per heavy atom. The number of amides is 1. The first kappa shape index (κ1) is 18.1. The number of benzene rings is 1. The summed E-state index contributed by atoms with van der Waals surface area (Å²) in [6.07, 6.45) is 5.46. The van der Waals surface area contributed by atoms with Crippen molar-refractivity contribution < 1.29 is 13.6 Å². The van der Waals surface area contributed by atoms with Gasteiger partial charge in [-0.15, -0.1) is 12.4 Å². The molecule has 0 spiro atoms. The van der Waals surface area contributed by atoms with Gasteiger partial charge in [-0.1, -0.05) is 12.5 Å². The van der Waals surface area contributed by atoms with Gasteiger partial charge in [0.2, 0.25) is 5.91 Å². The summed E-state index contributed by atoms with van der Waals surface area (Å²) in [7, 11) is 0. The van der Waals surface area contributed by atoms with Crippen LogP contribution in [0, 0.1) is 17.6 Å². The number of nitrogens with zero attached hydrogens (tertiary/aromatic N) is 1. The summed E-state index contributed by atoms with van der Waals surface area (Å²) < 4.78 is 26.9. The Hall–Kier alpha value is -1.20. The van der Waals surface area contributed by atoms with Gasteiger partial charge in [-0.3, -0.25) is 4.79 Å². The van der Waals surface area contributed by atoms with Crippen molar-refractivity contribution in [2.75, 3.05) is 0 Å². The monoisotopic (exact) mass is 344 g/mol. The highest BCUT2D eigenvalue weighted by Crippen LogP contribution is 2.33. The van der Waals surface area contributed by atoms with Crippen LogP contribution in [0.15, 0.2) is 18.2 Å². The van der Waals surface area contributed by atoms with Crippen molar-refractivity contribution >= 4 is 18.3 Å². The van der Waals surface area contributed by atoms with Gasteiger partial charge in [0.25, 0.3) is 0 Å². The number of rotatable bonds is 4. The summed E-state index contributed by atoms with van der Waals surface area (Å²) in [5.41, 5.74) is 6.35. The van der Waals surface area contributed by atoms with Crippen molar-refractivity contribution in [3.05, 3.63) is 35.4 Å². The summed E-state index contributed by atoms with van der Waals surface area (Å²) in [4.78, 5) is 14.6. The van der Waals surface area contributed by atoms with Crippen molar-refractivity contribution in [2.45, 2.75) is 57.2 Å². The Balaban J connectivity index is 0.00000192. The summed E-state index contributed by atoms with van der Waals surface area (Å²) >= 11 is 0. The van der Waals surface area contributed by atoms with Crippen LogP contribution in [0.5, 0.6) is 0 Å². The largest absolute Gasteiger partial charge is 0.335 e. The maximum absolute atomic E-state index is 13.9. The first-order chi connectivity index (χ1) is 10.5. The zero-order valence-corrected chi connectivity index (χ0v) is 13.8. The number of hydrogen-bond acceptors (Lipinski definition) is 2. The number of carbonyl (C=O) groups excluding carboxylic acids is 1. The van der Waals surface area contributed by atoms with Crippen molar-refractivity contribution in [3.8, 4) is 0 Å². The van der Waals surface area contributed by atoms with E-state index in [1.165, 1.54) is 12.1 Å². The normalized spacial score (nSPS) is 24.0. The molecule has 2 fully saturated rings. The number of nitrogens with two attached hydrogens (primary N) is 1. The van der Waals surface area contributed by atoms with E-state index in [1.54, 1.807) is 4.90 Å². The molecule has 0 aliphatic heterocycles. The van der Waals surface area contributed by atoms with Crippen LogP contribution in [0.25, 0.3) is 0 Å². The van der Waals surface area contributed by atoms with Gasteiger partial charge in [-0.25, -0.2) is 8.78 Å². The summed E-state index contributed by atoms with van der Waals surface area (Å²) in [6, 6.07) is 3.84. The molecule has 0 heterocycles. The summed E-state index contributed by atoms with van der Waals surface area (Å²) in [6.45, 7) is 0.224. The molecular formula is C17H23ClF2N2O. The van der Waals surface area contributed by atoms with Crippen molar-refractivity contribution in [3.63, 3.8) is 0 Å². The highest BCUT2D eigenvalue weighted by Gasteiger charge is 2.37. The molecule has 2 atom stereocenters. The molecule has 23 heavy (non-hydrogen) atoms. The van der Waals surface area contributed by atoms with Crippen molar-refractivity contribution in [2.24, 2.45) is 11.7 Å². The SMILES string of the molecule is Cl.NC1CCCC(C(=O)N(Cc2ccc(F)cc2F)C2CC2)C1. The molecule has 0 saturated heterocycles. The van der Waals surface area contributed by atoms with Crippen LogP contribution in [0.3, 0.4) is 0 Å². The molecule has 0 aromatic heterocycles. The van der Waals surface area contributed by atoms with Gasteiger partial charge in [0.15, 0.2) is 0 Å². The van der Waals surface area contributed by atoms with E-state index in [1.807, 2.05) is 0 Å². The molecule has 0 radical (unpaired) electrons. The van der Waals surface area contributed by atoms with Gasteiger partial charge in [0.05, 0.1) is 0 Å². The molecule has 2 N–H and O–H groups in total. The first-order valence-corrected chi connectivity index (χ1v) is 8.04. The second-order valence-corrected chi connectivity index (χ2v) is 6.56. The molecule has 1 aromatic rings. The fourth-order valence-electron chi connectivity index (χ4n) is 3.29. The molecule has 3 rings (SSSR count). The predicted molar refractivity (Wildman–Crippen MR) is 87.1 cm³/mol. The zero-order valence-electron chi connectivity index (χ0n) is 13.0. The van der Waals surface area contributed by atoms with Crippen LogP contribution in [0.4, 0.5) is 8.78 Å². The Kier molecular flexibility index (Phi) is 5.98. The minimum atomic E-state index is -0.594. The van der Waals surface area contributed by atoms with Crippen LogP contribution < -0.4 is 5.73 Å². The standard InChI is InChI=1S/C17H22F2N2O.ClH/c18-13-5-4-12(16(19)9-13)10-21(15-6-7-15)17(22)11-2-1-3-14(20)8-11;/h4-5,9,11,14-15H,1-3,6-8,10,20H2;1H. The second kappa shape index (κ2) is 7.58. The highest BCUT2D eigenvalue weighted by molar-refractivity contribution is 5.85. The van der Waals surface area contributed by atoms with E-state index in [4.69, 9.17) is 5.73 Å². The van der Waals surface area contributed by atoms with Gasteiger partial charge in [-0.2, -0.15) is 0 Å². The summed E-state index contributed by atoms with van der Waals surface area (Å²) in [5.74, 6) is -1.14. The van der Waals surface area contributed by atoms with Gasteiger partial charge in [-0.05, 0) is 38.2 Å².